The number of benzene rings is 2. The Hall–Kier alpha value is -3.70. The van der Waals surface area contributed by atoms with Crippen LogP contribution in [-0.2, 0) is 37.2 Å². The van der Waals surface area contributed by atoms with Crippen LogP contribution in [0.2, 0.25) is 0 Å². The Balaban J connectivity index is 1.77. The molecule has 4 rings (SSSR count). The van der Waals surface area contributed by atoms with Crippen LogP contribution in [0.1, 0.15) is 16.7 Å². The Labute approximate surface area is 190 Å². The van der Waals surface area contributed by atoms with Gasteiger partial charge in [0.05, 0.1) is 11.4 Å². The molecule has 4 aromatic rings. The van der Waals surface area contributed by atoms with Crippen LogP contribution in [0.25, 0.3) is 11.2 Å². The number of nitrogens with two attached hydrogens (primary N) is 1. The van der Waals surface area contributed by atoms with E-state index in [1.807, 2.05) is 31.2 Å². The van der Waals surface area contributed by atoms with Crippen molar-refractivity contribution in [1.29, 1.82) is 0 Å². The highest BCUT2D eigenvalue weighted by atomic mass is 32.2. The lowest BCUT2D eigenvalue weighted by Crippen LogP contribution is -2.37. The third kappa shape index (κ3) is 4.32. The van der Waals surface area contributed by atoms with Crippen LogP contribution in [-0.4, -0.2) is 27.1 Å². The largest absolute Gasteiger partial charge is 0.351 e. The van der Waals surface area contributed by atoms with Crippen LogP contribution in [0.15, 0.2) is 63.0 Å². The molecular weight excluding hydrogens is 444 g/mol. The quantitative estimate of drug-likeness (QED) is 0.434. The summed E-state index contributed by atoms with van der Waals surface area (Å²) in [4.78, 5) is 30.0. The summed E-state index contributed by atoms with van der Waals surface area (Å²) in [5.41, 5.74) is 2.58. The van der Waals surface area contributed by atoms with E-state index in [0.29, 0.717) is 24.6 Å². The van der Waals surface area contributed by atoms with Gasteiger partial charge < -0.3 is 5.32 Å². The number of aryl methyl sites for hydroxylation is 2. The minimum absolute atomic E-state index is 0.0244. The first-order valence-electron chi connectivity index (χ1n) is 10.1. The number of fused-ring (bicyclic) bond motifs is 1. The van der Waals surface area contributed by atoms with Gasteiger partial charge in [-0.1, -0.05) is 42.0 Å². The van der Waals surface area contributed by atoms with Crippen LogP contribution in [0.3, 0.4) is 0 Å². The third-order valence-electron chi connectivity index (χ3n) is 5.51. The van der Waals surface area contributed by atoms with Gasteiger partial charge in [-0.25, -0.2) is 18.4 Å². The van der Waals surface area contributed by atoms with Crippen molar-refractivity contribution in [3.05, 3.63) is 86.1 Å². The monoisotopic (exact) mass is 468 g/mol. The zero-order valence-electron chi connectivity index (χ0n) is 18.4. The molecule has 0 unspecified atom stereocenters. The zero-order chi connectivity index (χ0) is 23.9. The molecule has 0 aliphatic carbocycles. The molecule has 3 N–H and O–H groups in total. The molecule has 0 spiro atoms. The minimum Gasteiger partial charge on any atom is -0.351 e. The lowest BCUT2D eigenvalue weighted by Gasteiger charge is -2.12. The summed E-state index contributed by atoms with van der Waals surface area (Å²) in [7, 11) is -0.762. The van der Waals surface area contributed by atoms with E-state index < -0.39 is 21.3 Å². The van der Waals surface area contributed by atoms with Gasteiger partial charge in [-0.2, -0.15) is 4.98 Å². The number of hydrogen-bond donors (Lipinski definition) is 2. The van der Waals surface area contributed by atoms with Crippen LogP contribution < -0.4 is 21.7 Å². The van der Waals surface area contributed by atoms with E-state index in [1.165, 1.54) is 23.7 Å². The van der Waals surface area contributed by atoms with Crippen molar-refractivity contribution < 1.29 is 8.42 Å². The van der Waals surface area contributed by atoms with Crippen molar-refractivity contribution in [2.45, 2.75) is 24.9 Å². The van der Waals surface area contributed by atoms with Crippen LogP contribution in [0, 0.1) is 6.92 Å². The summed E-state index contributed by atoms with van der Waals surface area (Å²) in [6.07, 6.45) is 0. The summed E-state index contributed by atoms with van der Waals surface area (Å²) in [6.45, 7) is 2.68. The maximum absolute atomic E-state index is 13.0. The van der Waals surface area contributed by atoms with Crippen molar-refractivity contribution in [3.63, 3.8) is 0 Å². The van der Waals surface area contributed by atoms with Crippen LogP contribution in [0.4, 0.5) is 5.95 Å². The number of anilines is 1. The van der Waals surface area contributed by atoms with Crippen molar-refractivity contribution in [2.75, 3.05) is 5.32 Å². The molecule has 0 aliphatic rings. The number of primary sulfonamides is 1. The lowest BCUT2D eigenvalue weighted by molar-refractivity contribution is 0.598. The number of nitrogens with zero attached hydrogens (tertiary/aromatic N) is 4. The Morgan fingerprint density at radius 1 is 0.939 bits per heavy atom. The summed E-state index contributed by atoms with van der Waals surface area (Å²) in [6, 6.07) is 14.1. The number of sulfonamides is 1. The molecule has 2 heterocycles. The average molecular weight is 469 g/mol. The van der Waals surface area contributed by atoms with E-state index in [2.05, 4.69) is 10.3 Å². The summed E-state index contributed by atoms with van der Waals surface area (Å²) in [5.74, 6) is 0.416. The zero-order valence-corrected chi connectivity index (χ0v) is 19.3. The fourth-order valence-electron chi connectivity index (χ4n) is 3.59. The molecule has 0 radical (unpaired) electrons. The Morgan fingerprint density at radius 3 is 2.15 bits per heavy atom. The number of hydrogen-bond acceptors (Lipinski definition) is 6. The first-order chi connectivity index (χ1) is 15.6. The minimum atomic E-state index is -3.77. The van der Waals surface area contributed by atoms with Gasteiger partial charge in [0.25, 0.3) is 5.56 Å². The van der Waals surface area contributed by atoms with Crippen molar-refractivity contribution in [2.24, 2.45) is 19.2 Å². The predicted octanol–water partition coefficient (Wildman–Crippen LogP) is 1.05. The van der Waals surface area contributed by atoms with Crippen LogP contribution >= 0.6 is 0 Å². The normalized spacial score (nSPS) is 11.8. The predicted molar refractivity (Wildman–Crippen MR) is 126 cm³/mol. The summed E-state index contributed by atoms with van der Waals surface area (Å²) >= 11 is 0. The van der Waals surface area contributed by atoms with Crippen LogP contribution in [0.5, 0.6) is 0 Å². The Bertz CT molecular complexity index is 1560. The number of nitrogens with one attached hydrogen (secondary N) is 1. The van der Waals surface area contributed by atoms with Gasteiger partial charge in [-0.3, -0.25) is 18.5 Å². The SMILES string of the molecule is Cc1ccc(Cn2c(NCc3ccc(S(N)(=O)=O)cc3)nc3c2c(=O)n(C)c(=O)n3C)cc1. The second-order valence-electron chi connectivity index (χ2n) is 7.93. The van der Waals surface area contributed by atoms with Crippen molar-refractivity contribution in [3.8, 4) is 0 Å². The van der Waals surface area contributed by atoms with Gasteiger partial charge in [0.15, 0.2) is 11.2 Å². The highest BCUT2D eigenvalue weighted by Gasteiger charge is 2.19. The molecule has 0 fully saturated rings. The molecule has 0 bridgehead atoms. The van der Waals surface area contributed by atoms with Gasteiger partial charge in [0, 0.05) is 20.6 Å². The van der Waals surface area contributed by atoms with Crippen molar-refractivity contribution in [1.82, 2.24) is 18.7 Å². The standard InChI is InChI=1S/C22H24N6O4S/c1-14-4-6-16(7-5-14)13-28-18-19(26(2)22(30)27(3)20(18)29)25-21(28)24-12-15-8-10-17(11-9-15)33(23,31)32/h4-11H,12-13H2,1-3H3,(H,24,25)(H2,23,31,32). The highest BCUT2D eigenvalue weighted by molar-refractivity contribution is 7.89. The average Bonchev–Trinajstić information content (AvgIpc) is 3.14. The molecular formula is C22H24N6O4S. The van der Waals surface area contributed by atoms with Gasteiger partial charge >= 0.3 is 5.69 Å². The molecule has 10 nitrogen and oxygen atoms in total. The van der Waals surface area contributed by atoms with E-state index in [4.69, 9.17) is 5.14 Å². The van der Waals surface area contributed by atoms with Gasteiger partial charge in [-0.15, -0.1) is 0 Å². The molecule has 2 aromatic carbocycles. The molecule has 11 heteroatoms. The highest BCUT2D eigenvalue weighted by Crippen LogP contribution is 2.19. The summed E-state index contributed by atoms with van der Waals surface area (Å²) < 4.78 is 27.1. The Morgan fingerprint density at radius 2 is 1.55 bits per heavy atom. The molecule has 0 saturated heterocycles. The fourth-order valence-corrected chi connectivity index (χ4v) is 4.10. The maximum atomic E-state index is 13.0. The van der Waals surface area contributed by atoms with E-state index in [-0.39, 0.29) is 10.5 Å². The molecule has 0 saturated carbocycles. The lowest BCUT2D eigenvalue weighted by atomic mass is 10.1. The van der Waals surface area contributed by atoms with Gasteiger partial charge in [0.2, 0.25) is 16.0 Å². The molecule has 172 valence electrons. The van der Waals surface area contributed by atoms with E-state index in [0.717, 1.165) is 21.3 Å². The van der Waals surface area contributed by atoms with Gasteiger partial charge in [-0.05, 0) is 30.2 Å². The van der Waals surface area contributed by atoms with Crippen molar-refractivity contribution >= 4 is 27.1 Å². The molecule has 0 aliphatic heterocycles. The second kappa shape index (κ2) is 8.34. The molecule has 2 aromatic heterocycles. The van der Waals surface area contributed by atoms with E-state index >= 15 is 0 Å². The second-order valence-corrected chi connectivity index (χ2v) is 9.49. The topological polar surface area (TPSA) is 134 Å². The summed E-state index contributed by atoms with van der Waals surface area (Å²) in [5, 5.41) is 8.36. The molecule has 0 amide bonds. The Kier molecular flexibility index (Phi) is 5.68. The van der Waals surface area contributed by atoms with Gasteiger partial charge in [0.1, 0.15) is 0 Å². The first kappa shape index (κ1) is 22.5. The van der Waals surface area contributed by atoms with E-state index in [1.54, 1.807) is 23.7 Å². The smallest absolute Gasteiger partial charge is 0.332 e. The maximum Gasteiger partial charge on any atom is 0.332 e. The molecule has 0 atom stereocenters. The van der Waals surface area contributed by atoms with E-state index in [9.17, 15) is 18.0 Å². The number of rotatable bonds is 6. The fraction of sp³-hybridized carbons (Fsp3) is 0.227. The number of imidazole rings is 1. The first-order valence-corrected chi connectivity index (χ1v) is 11.7. The molecule has 33 heavy (non-hydrogen) atoms. The third-order valence-corrected chi connectivity index (χ3v) is 6.44. The number of aromatic nitrogens is 4.